The van der Waals surface area contributed by atoms with Crippen LogP contribution in [0, 0.1) is 11.8 Å². The standard InChI is InChI=1S/C24H33NO3S2/c1-4-20-5-7-22(8-6-20)25(17-19(2)3)30(26,27)24-11-9-23(10-12-24)29-18-21-13-15-28-16-14-21/h5-12,19,21H,4,13-18H2,1-3H3. The summed E-state index contributed by atoms with van der Waals surface area (Å²) < 4.78 is 33.9. The molecule has 30 heavy (non-hydrogen) atoms. The average Bonchev–Trinajstić information content (AvgIpc) is 2.77. The summed E-state index contributed by atoms with van der Waals surface area (Å²) in [5.41, 5.74) is 1.92. The Balaban J connectivity index is 1.76. The van der Waals surface area contributed by atoms with Crippen LogP contribution in [0.3, 0.4) is 0 Å². The summed E-state index contributed by atoms with van der Waals surface area (Å²) in [5.74, 6) is 1.96. The highest BCUT2D eigenvalue weighted by molar-refractivity contribution is 7.99. The van der Waals surface area contributed by atoms with Gasteiger partial charge in [0.1, 0.15) is 0 Å². The van der Waals surface area contributed by atoms with E-state index in [1.807, 2.05) is 50.2 Å². The molecule has 164 valence electrons. The summed E-state index contributed by atoms with van der Waals surface area (Å²) in [5, 5.41) is 0. The van der Waals surface area contributed by atoms with E-state index in [9.17, 15) is 8.42 Å². The van der Waals surface area contributed by atoms with Gasteiger partial charge in [0.05, 0.1) is 10.6 Å². The molecule has 1 fully saturated rings. The monoisotopic (exact) mass is 447 g/mol. The number of hydrogen-bond acceptors (Lipinski definition) is 4. The lowest BCUT2D eigenvalue weighted by molar-refractivity contribution is 0.0728. The number of benzene rings is 2. The number of hydrogen-bond donors (Lipinski definition) is 0. The van der Waals surface area contributed by atoms with Gasteiger partial charge in [-0.2, -0.15) is 0 Å². The Labute approximate surface area is 186 Å². The lowest BCUT2D eigenvalue weighted by atomic mass is 10.0. The Kier molecular flexibility index (Phi) is 8.26. The summed E-state index contributed by atoms with van der Waals surface area (Å²) in [6, 6.07) is 15.2. The quantitative estimate of drug-likeness (QED) is 0.468. The van der Waals surface area contributed by atoms with E-state index in [1.54, 1.807) is 28.2 Å². The smallest absolute Gasteiger partial charge is 0.264 e. The molecular weight excluding hydrogens is 414 g/mol. The maximum atomic E-state index is 13.4. The first-order valence-electron chi connectivity index (χ1n) is 10.8. The summed E-state index contributed by atoms with van der Waals surface area (Å²) in [6.45, 7) is 8.34. The van der Waals surface area contributed by atoms with Gasteiger partial charge in [0.25, 0.3) is 10.0 Å². The highest BCUT2D eigenvalue weighted by Gasteiger charge is 2.26. The van der Waals surface area contributed by atoms with Crippen LogP contribution in [0.5, 0.6) is 0 Å². The number of rotatable bonds is 9. The number of anilines is 1. The van der Waals surface area contributed by atoms with Crippen LogP contribution >= 0.6 is 11.8 Å². The molecule has 0 aliphatic carbocycles. The molecule has 0 aromatic heterocycles. The fourth-order valence-electron chi connectivity index (χ4n) is 3.53. The van der Waals surface area contributed by atoms with Crippen LogP contribution < -0.4 is 4.31 Å². The molecule has 4 nitrogen and oxygen atoms in total. The zero-order valence-electron chi connectivity index (χ0n) is 18.2. The SMILES string of the molecule is CCc1ccc(N(CC(C)C)S(=O)(=O)c2ccc(SCC3CCOCC3)cc2)cc1. The lowest BCUT2D eigenvalue weighted by Crippen LogP contribution is -2.34. The Morgan fingerprint density at radius 3 is 2.23 bits per heavy atom. The van der Waals surface area contributed by atoms with Gasteiger partial charge in [-0.1, -0.05) is 32.9 Å². The normalized spacial score (nSPS) is 15.5. The van der Waals surface area contributed by atoms with Gasteiger partial charge in [0.15, 0.2) is 0 Å². The molecule has 0 unspecified atom stereocenters. The lowest BCUT2D eigenvalue weighted by Gasteiger charge is -2.26. The Hall–Kier alpha value is -1.50. The molecule has 2 aromatic rings. The summed E-state index contributed by atoms with van der Waals surface area (Å²) in [6.07, 6.45) is 3.16. The van der Waals surface area contributed by atoms with E-state index in [-0.39, 0.29) is 5.92 Å². The second kappa shape index (κ2) is 10.7. The highest BCUT2D eigenvalue weighted by Crippen LogP contribution is 2.29. The average molecular weight is 448 g/mol. The minimum atomic E-state index is -3.61. The molecule has 1 aliphatic rings. The van der Waals surface area contributed by atoms with Crippen LogP contribution in [0.1, 0.15) is 39.2 Å². The molecular formula is C24H33NO3S2. The van der Waals surface area contributed by atoms with Crippen LogP contribution in [-0.2, 0) is 21.2 Å². The molecule has 0 radical (unpaired) electrons. The van der Waals surface area contributed by atoms with Crippen molar-refractivity contribution < 1.29 is 13.2 Å². The zero-order valence-corrected chi connectivity index (χ0v) is 19.8. The molecule has 0 atom stereocenters. The first-order chi connectivity index (χ1) is 14.4. The van der Waals surface area contributed by atoms with E-state index in [2.05, 4.69) is 6.92 Å². The van der Waals surface area contributed by atoms with Crippen molar-refractivity contribution in [1.29, 1.82) is 0 Å². The van der Waals surface area contributed by atoms with Crippen LogP contribution in [-0.4, -0.2) is 33.9 Å². The Bertz CT molecular complexity index is 887. The molecule has 6 heteroatoms. The van der Waals surface area contributed by atoms with Gasteiger partial charge in [-0.15, -0.1) is 11.8 Å². The van der Waals surface area contributed by atoms with Gasteiger partial charge < -0.3 is 4.74 Å². The van der Waals surface area contributed by atoms with Crippen LogP contribution in [0.15, 0.2) is 58.3 Å². The Morgan fingerprint density at radius 1 is 1.03 bits per heavy atom. The van der Waals surface area contributed by atoms with Gasteiger partial charge in [0, 0.05) is 30.4 Å². The zero-order chi connectivity index (χ0) is 21.6. The molecule has 1 saturated heterocycles. The number of aryl methyl sites for hydroxylation is 1. The molecule has 1 heterocycles. The van der Waals surface area contributed by atoms with E-state index >= 15 is 0 Å². The minimum absolute atomic E-state index is 0.222. The van der Waals surface area contributed by atoms with Crippen LogP contribution in [0.2, 0.25) is 0 Å². The molecule has 0 saturated carbocycles. The number of sulfonamides is 1. The maximum Gasteiger partial charge on any atom is 0.264 e. The first kappa shape index (κ1) is 23.2. The largest absolute Gasteiger partial charge is 0.381 e. The second-order valence-electron chi connectivity index (χ2n) is 8.29. The van der Waals surface area contributed by atoms with Gasteiger partial charge in [0.2, 0.25) is 0 Å². The van der Waals surface area contributed by atoms with E-state index in [0.29, 0.717) is 17.4 Å². The van der Waals surface area contributed by atoms with Gasteiger partial charge in [-0.3, -0.25) is 4.31 Å². The second-order valence-corrected chi connectivity index (χ2v) is 11.2. The van der Waals surface area contributed by atoms with Crippen molar-refractivity contribution in [1.82, 2.24) is 0 Å². The third-order valence-corrected chi connectivity index (χ3v) is 8.45. The molecule has 1 aliphatic heterocycles. The third-order valence-electron chi connectivity index (χ3n) is 5.40. The number of thioether (sulfide) groups is 1. The van der Waals surface area contributed by atoms with E-state index in [1.165, 1.54) is 5.56 Å². The summed E-state index contributed by atoms with van der Waals surface area (Å²) in [7, 11) is -3.61. The van der Waals surface area contributed by atoms with Crippen LogP contribution in [0.4, 0.5) is 5.69 Å². The third kappa shape index (κ3) is 6.02. The van der Waals surface area contributed by atoms with Crippen molar-refractivity contribution in [3.05, 3.63) is 54.1 Å². The number of nitrogens with zero attached hydrogens (tertiary/aromatic N) is 1. The minimum Gasteiger partial charge on any atom is -0.381 e. The van der Waals surface area contributed by atoms with E-state index in [4.69, 9.17) is 4.74 Å². The summed E-state index contributed by atoms with van der Waals surface area (Å²) in [4.78, 5) is 1.46. The van der Waals surface area contributed by atoms with Crippen molar-refractivity contribution in [2.75, 3.05) is 29.8 Å². The molecule has 0 amide bonds. The molecule has 3 rings (SSSR count). The molecule has 0 spiro atoms. The van der Waals surface area contributed by atoms with Gasteiger partial charge in [-0.25, -0.2) is 8.42 Å². The van der Waals surface area contributed by atoms with Crippen molar-refractivity contribution >= 4 is 27.5 Å². The van der Waals surface area contributed by atoms with Gasteiger partial charge >= 0.3 is 0 Å². The summed E-state index contributed by atoms with van der Waals surface area (Å²) >= 11 is 1.80. The topological polar surface area (TPSA) is 46.6 Å². The fourth-order valence-corrected chi connectivity index (χ4v) is 6.25. The van der Waals surface area contributed by atoms with Crippen molar-refractivity contribution in [2.45, 2.75) is 49.8 Å². The maximum absolute atomic E-state index is 13.4. The van der Waals surface area contributed by atoms with Gasteiger partial charge in [-0.05, 0) is 73.1 Å². The molecule has 2 aromatic carbocycles. The van der Waals surface area contributed by atoms with Crippen molar-refractivity contribution in [3.63, 3.8) is 0 Å². The Morgan fingerprint density at radius 2 is 1.67 bits per heavy atom. The van der Waals surface area contributed by atoms with E-state index < -0.39 is 10.0 Å². The molecule has 0 bridgehead atoms. The van der Waals surface area contributed by atoms with Crippen molar-refractivity contribution in [2.24, 2.45) is 11.8 Å². The highest BCUT2D eigenvalue weighted by atomic mass is 32.2. The van der Waals surface area contributed by atoms with Crippen LogP contribution in [0.25, 0.3) is 0 Å². The van der Waals surface area contributed by atoms with Crippen molar-refractivity contribution in [3.8, 4) is 0 Å². The predicted octanol–water partition coefficient (Wildman–Crippen LogP) is 5.62. The van der Waals surface area contributed by atoms with E-state index in [0.717, 1.165) is 48.8 Å². The first-order valence-corrected chi connectivity index (χ1v) is 13.2. The fraction of sp³-hybridized carbons (Fsp3) is 0.500. The predicted molar refractivity (Wildman–Crippen MR) is 126 cm³/mol. The molecule has 0 N–H and O–H groups in total. The number of ether oxygens (including phenoxy) is 1.